The Labute approximate surface area is 275 Å². The molecule has 2 aliphatic rings. The minimum Gasteiger partial charge on any atom is -0.444 e. The van der Waals surface area contributed by atoms with E-state index in [9.17, 15) is 9.59 Å². The van der Waals surface area contributed by atoms with Crippen LogP contribution in [0.5, 0.6) is 0 Å². The van der Waals surface area contributed by atoms with Crippen molar-refractivity contribution in [2.75, 3.05) is 11.5 Å². The number of hydrogen-bond donors (Lipinski definition) is 1. The average molecular weight is 668 g/mol. The van der Waals surface area contributed by atoms with Crippen LogP contribution in [-0.2, 0) is 30.3 Å². The van der Waals surface area contributed by atoms with Crippen LogP contribution in [0.15, 0.2) is 29.3 Å². The lowest BCUT2D eigenvalue weighted by Gasteiger charge is -2.40. The Kier molecular flexibility index (Phi) is 8.52. The quantitative estimate of drug-likeness (QED) is 0.174. The van der Waals surface area contributed by atoms with E-state index in [0.29, 0.717) is 28.6 Å². The van der Waals surface area contributed by atoms with Gasteiger partial charge in [-0.25, -0.2) is 4.79 Å². The molecule has 46 heavy (non-hydrogen) atoms. The molecular weight excluding hydrogens is 622 g/mol. The number of rotatable bonds is 8. The van der Waals surface area contributed by atoms with Crippen molar-refractivity contribution < 1.29 is 14.3 Å². The zero-order chi connectivity index (χ0) is 33.1. The first-order valence-corrected chi connectivity index (χ1v) is 20.3. The van der Waals surface area contributed by atoms with Crippen molar-refractivity contribution >= 4 is 53.7 Å². The summed E-state index contributed by atoms with van der Waals surface area (Å²) in [4.78, 5) is 34.4. The zero-order valence-corrected chi connectivity index (χ0v) is 29.9. The van der Waals surface area contributed by atoms with Gasteiger partial charge in [0.1, 0.15) is 12.3 Å². The predicted octanol–water partition coefficient (Wildman–Crippen LogP) is 6.28. The topological polar surface area (TPSA) is 108 Å². The van der Waals surface area contributed by atoms with Crippen LogP contribution in [0.3, 0.4) is 0 Å². The molecule has 2 fully saturated rings. The Morgan fingerprint density at radius 2 is 1.78 bits per heavy atom. The highest BCUT2D eigenvalue weighted by molar-refractivity contribution is 6.76. The van der Waals surface area contributed by atoms with Gasteiger partial charge in [-0.05, 0) is 58.6 Å². The van der Waals surface area contributed by atoms with Gasteiger partial charge in [-0.15, -0.1) is 0 Å². The lowest BCUT2D eigenvalue weighted by molar-refractivity contribution is 0.0492. The number of aromatic nitrogens is 5. The minimum absolute atomic E-state index is 0.00382. The maximum absolute atomic E-state index is 14.3. The van der Waals surface area contributed by atoms with Crippen molar-refractivity contribution in [3.63, 3.8) is 0 Å². The number of piperidine rings is 1. The predicted molar refractivity (Wildman–Crippen MR) is 185 cm³/mol. The second-order valence-corrected chi connectivity index (χ2v) is 21.1. The lowest BCUT2D eigenvalue weighted by atomic mass is 9.98. The molecule has 2 saturated heterocycles. The minimum atomic E-state index is -1.28. The molecule has 3 aromatic heterocycles. The monoisotopic (exact) mass is 667 g/mol. The molecule has 2 bridgehead atoms. The largest absolute Gasteiger partial charge is 0.444 e. The van der Waals surface area contributed by atoms with Crippen molar-refractivity contribution in [1.29, 1.82) is 0 Å². The Bertz CT molecular complexity index is 1840. The molecule has 0 radical (unpaired) electrons. The maximum Gasteiger partial charge on any atom is 0.407 e. The van der Waals surface area contributed by atoms with Crippen LogP contribution in [0.1, 0.15) is 46.5 Å². The molecule has 3 atom stereocenters. The first-order chi connectivity index (χ1) is 21.6. The zero-order valence-electron chi connectivity index (χ0n) is 28.2. The normalized spacial score (nSPS) is 20.2. The first-order valence-electron chi connectivity index (χ1n) is 16.2. The summed E-state index contributed by atoms with van der Waals surface area (Å²) in [6.07, 6.45) is 6.92. The van der Waals surface area contributed by atoms with Crippen LogP contribution >= 0.6 is 11.6 Å². The summed E-state index contributed by atoms with van der Waals surface area (Å²) in [5.41, 5.74) is 2.17. The SMILES string of the molecule is Cn1cc2c(Cl)c(-c3cn(COCC[Si](C)(C)C)c4nc(N5[C@@H]6CC[C@H]5C[C@H](NC(=O)OC(C)(C)C)C6)n(C)c(=O)c34)ccc2n1. The second-order valence-electron chi connectivity index (χ2n) is 15.1. The number of anilines is 1. The average Bonchev–Trinajstić information content (AvgIpc) is 3.58. The van der Waals surface area contributed by atoms with E-state index in [0.717, 1.165) is 53.8 Å². The van der Waals surface area contributed by atoms with Gasteiger partial charge in [0.2, 0.25) is 5.95 Å². The number of hydrogen-bond acceptors (Lipinski definition) is 7. The standard InChI is InChI=1S/C33H46ClN7O4Si/c1-33(2,3)45-32(43)35-20-15-21-9-10-22(16-20)41(21)31-36-29-27(30(42)39(31)5)24(18-40(29)19-44-13-14-46(6,7)8)23-11-12-26-25(28(23)34)17-38(4)37-26/h11-12,17-18,20-22H,9-10,13-16,19H2,1-8H3,(H,35,43)/t20-,21-,22+. The lowest BCUT2D eigenvalue weighted by Crippen LogP contribution is -2.52. The summed E-state index contributed by atoms with van der Waals surface area (Å²) in [5, 5.41) is 9.46. The third-order valence-electron chi connectivity index (χ3n) is 9.01. The van der Waals surface area contributed by atoms with Gasteiger partial charge in [-0.1, -0.05) is 37.3 Å². The van der Waals surface area contributed by atoms with Crippen molar-refractivity contribution in [2.45, 2.75) is 103 Å². The van der Waals surface area contributed by atoms with Crippen LogP contribution in [0.4, 0.5) is 10.7 Å². The van der Waals surface area contributed by atoms with E-state index < -0.39 is 13.7 Å². The van der Waals surface area contributed by atoms with Gasteiger partial charge in [0.15, 0.2) is 5.65 Å². The van der Waals surface area contributed by atoms with Crippen molar-refractivity contribution in [3.8, 4) is 11.1 Å². The van der Waals surface area contributed by atoms with E-state index in [-0.39, 0.29) is 36.5 Å². The molecule has 1 N–H and O–H groups in total. The van der Waals surface area contributed by atoms with Gasteiger partial charge in [-0.2, -0.15) is 10.1 Å². The second kappa shape index (κ2) is 12.0. The Morgan fingerprint density at radius 3 is 2.43 bits per heavy atom. The third-order valence-corrected chi connectivity index (χ3v) is 11.1. The molecule has 11 nitrogen and oxygen atoms in total. The summed E-state index contributed by atoms with van der Waals surface area (Å²) in [7, 11) is 2.38. The van der Waals surface area contributed by atoms with Gasteiger partial charge in [0.05, 0.1) is 15.9 Å². The van der Waals surface area contributed by atoms with Crippen LogP contribution in [0, 0.1) is 0 Å². The summed E-state index contributed by atoms with van der Waals surface area (Å²) < 4.78 is 17.1. The van der Waals surface area contributed by atoms with E-state index in [1.54, 1.807) is 16.3 Å². The number of carbonyl (C=O) groups is 1. The number of alkyl carbamates (subject to hydrolysis) is 1. The molecule has 4 aromatic rings. The Morgan fingerprint density at radius 1 is 1.09 bits per heavy atom. The number of benzene rings is 1. The number of carbonyl (C=O) groups excluding carboxylic acids is 1. The van der Waals surface area contributed by atoms with Crippen molar-refractivity contribution in [1.82, 2.24) is 29.2 Å². The van der Waals surface area contributed by atoms with Gasteiger partial charge in [-0.3, -0.25) is 14.0 Å². The smallest absolute Gasteiger partial charge is 0.407 e. The molecule has 0 saturated carbocycles. The fourth-order valence-corrected chi connectivity index (χ4v) is 7.93. The highest BCUT2D eigenvalue weighted by atomic mass is 35.5. The third kappa shape index (κ3) is 6.43. The molecule has 0 unspecified atom stereocenters. The number of aryl methyl sites for hydroxylation is 1. The Hall–Kier alpha value is -3.35. The maximum atomic E-state index is 14.3. The molecule has 13 heteroatoms. The van der Waals surface area contributed by atoms with Crippen molar-refractivity contribution in [2.24, 2.45) is 14.1 Å². The van der Waals surface area contributed by atoms with E-state index in [1.165, 1.54) is 0 Å². The van der Waals surface area contributed by atoms with Crippen LogP contribution in [0.25, 0.3) is 33.1 Å². The first kappa shape index (κ1) is 32.6. The number of fused-ring (bicyclic) bond motifs is 4. The molecule has 0 spiro atoms. The van der Waals surface area contributed by atoms with Gasteiger partial charge < -0.3 is 24.3 Å². The Balaban J connectivity index is 1.38. The van der Waals surface area contributed by atoms with E-state index in [2.05, 4.69) is 35.0 Å². The van der Waals surface area contributed by atoms with E-state index in [4.69, 9.17) is 26.1 Å². The number of ether oxygens (including phenoxy) is 2. The molecule has 0 aliphatic carbocycles. The molecular formula is C33H46ClN7O4Si. The number of nitrogens with one attached hydrogen (secondary N) is 1. The summed E-state index contributed by atoms with van der Waals surface area (Å²) in [5.74, 6) is 0.641. The molecule has 5 heterocycles. The van der Waals surface area contributed by atoms with E-state index >= 15 is 0 Å². The van der Waals surface area contributed by atoms with Crippen LogP contribution in [-0.4, -0.2) is 68.4 Å². The van der Waals surface area contributed by atoms with E-state index in [1.807, 2.05) is 56.9 Å². The molecule has 2 aliphatic heterocycles. The highest BCUT2D eigenvalue weighted by Crippen LogP contribution is 2.41. The summed E-state index contributed by atoms with van der Waals surface area (Å²) >= 11 is 6.99. The van der Waals surface area contributed by atoms with Gasteiger partial charge in [0, 0.05) is 75.8 Å². The van der Waals surface area contributed by atoms with Gasteiger partial charge in [0.25, 0.3) is 5.56 Å². The number of nitrogens with zero attached hydrogens (tertiary/aromatic N) is 6. The van der Waals surface area contributed by atoms with Gasteiger partial charge >= 0.3 is 6.09 Å². The molecule has 1 aromatic carbocycles. The molecule has 1 amide bonds. The summed E-state index contributed by atoms with van der Waals surface area (Å²) in [6, 6.07) is 5.20. The fourth-order valence-electron chi connectivity index (χ4n) is 6.86. The van der Waals surface area contributed by atoms with Crippen LogP contribution in [0.2, 0.25) is 30.7 Å². The number of amides is 1. The molecule has 6 rings (SSSR count). The fraction of sp³-hybridized carbons (Fsp3) is 0.576. The summed E-state index contributed by atoms with van der Waals surface area (Å²) in [6.45, 7) is 13.5. The highest BCUT2D eigenvalue weighted by Gasteiger charge is 2.43. The van der Waals surface area contributed by atoms with Crippen molar-refractivity contribution in [3.05, 3.63) is 39.9 Å². The number of halogens is 1. The van der Waals surface area contributed by atoms with Crippen LogP contribution < -0.4 is 15.8 Å². The molecule has 248 valence electrons.